The zero-order valence-corrected chi connectivity index (χ0v) is 12.1. The Morgan fingerprint density at radius 3 is 2.75 bits per heavy atom. The molecule has 1 aromatic rings. The van der Waals surface area contributed by atoms with Crippen molar-refractivity contribution in [2.75, 3.05) is 11.9 Å². The quantitative estimate of drug-likeness (QED) is 0.811. The Balaban J connectivity index is 2.33. The monoisotopic (exact) mass is 259 g/mol. The molecule has 0 bridgehead atoms. The molecule has 0 aliphatic heterocycles. The van der Waals surface area contributed by atoms with Gasteiger partial charge >= 0.3 is 0 Å². The van der Waals surface area contributed by atoms with E-state index in [0.717, 1.165) is 23.3 Å². The van der Waals surface area contributed by atoms with Crippen molar-refractivity contribution < 1.29 is 0 Å². The van der Waals surface area contributed by atoms with Crippen LogP contribution in [0.5, 0.6) is 0 Å². The minimum atomic E-state index is 0.641. The van der Waals surface area contributed by atoms with Crippen LogP contribution in [-0.2, 0) is 5.75 Å². The molecule has 1 heterocycles. The van der Waals surface area contributed by atoms with E-state index < -0.39 is 0 Å². The van der Waals surface area contributed by atoms with Gasteiger partial charge in [-0.1, -0.05) is 27.7 Å². The van der Waals surface area contributed by atoms with Crippen molar-refractivity contribution in [1.82, 2.24) is 9.36 Å². The van der Waals surface area contributed by atoms with Crippen molar-refractivity contribution in [3.63, 3.8) is 0 Å². The van der Waals surface area contributed by atoms with E-state index in [-0.39, 0.29) is 0 Å². The van der Waals surface area contributed by atoms with Gasteiger partial charge in [-0.2, -0.15) is 16.1 Å². The topological polar surface area (TPSA) is 37.8 Å². The van der Waals surface area contributed by atoms with Gasteiger partial charge in [-0.15, -0.1) is 0 Å². The summed E-state index contributed by atoms with van der Waals surface area (Å²) in [6.07, 6.45) is 1.20. The number of anilines is 1. The standard InChI is InChI=1S/C11H21N3S2/c1-5-9(4)15-7-10-13-11(16-14-10)12-6-8(2)3/h8-9H,5-7H2,1-4H3,(H,12,13,14). The van der Waals surface area contributed by atoms with Crippen LogP contribution < -0.4 is 5.32 Å². The highest BCUT2D eigenvalue weighted by atomic mass is 32.2. The van der Waals surface area contributed by atoms with Crippen molar-refractivity contribution in [2.24, 2.45) is 5.92 Å². The van der Waals surface area contributed by atoms with Crippen LogP contribution >= 0.6 is 23.3 Å². The lowest BCUT2D eigenvalue weighted by Crippen LogP contribution is -2.07. The Morgan fingerprint density at radius 2 is 2.12 bits per heavy atom. The molecule has 1 unspecified atom stereocenters. The average Bonchev–Trinajstić information content (AvgIpc) is 2.71. The van der Waals surface area contributed by atoms with E-state index in [0.29, 0.717) is 11.2 Å². The Bertz CT molecular complexity index is 299. The third-order valence-electron chi connectivity index (χ3n) is 2.20. The van der Waals surface area contributed by atoms with E-state index in [1.165, 1.54) is 18.0 Å². The van der Waals surface area contributed by atoms with E-state index in [1.807, 2.05) is 11.8 Å². The molecule has 0 amide bonds. The second kappa shape index (κ2) is 7.12. The fourth-order valence-corrected chi connectivity index (χ4v) is 2.48. The molecule has 0 fully saturated rings. The Hall–Kier alpha value is -0.290. The van der Waals surface area contributed by atoms with Gasteiger partial charge in [0.25, 0.3) is 0 Å². The molecule has 0 aliphatic carbocycles. The molecule has 0 aliphatic rings. The van der Waals surface area contributed by atoms with Crippen LogP contribution in [0.15, 0.2) is 0 Å². The van der Waals surface area contributed by atoms with Gasteiger partial charge in [0.05, 0.1) is 5.75 Å². The van der Waals surface area contributed by atoms with Crippen molar-refractivity contribution in [2.45, 2.75) is 45.1 Å². The first-order chi connectivity index (χ1) is 7.61. The predicted octanol–water partition coefficient (Wildman–Crippen LogP) is 3.64. The molecule has 0 saturated carbocycles. The first kappa shape index (κ1) is 13.8. The summed E-state index contributed by atoms with van der Waals surface area (Å²) in [4.78, 5) is 4.46. The minimum Gasteiger partial charge on any atom is -0.360 e. The zero-order valence-electron chi connectivity index (χ0n) is 10.5. The highest BCUT2D eigenvalue weighted by molar-refractivity contribution is 7.99. The van der Waals surface area contributed by atoms with Crippen LogP contribution in [0.4, 0.5) is 5.13 Å². The Labute approximate surface area is 107 Å². The highest BCUT2D eigenvalue weighted by Gasteiger charge is 2.06. The SMILES string of the molecule is CCC(C)SCc1nsc(NCC(C)C)n1. The average molecular weight is 259 g/mol. The number of rotatable bonds is 7. The van der Waals surface area contributed by atoms with Crippen molar-refractivity contribution in [3.8, 4) is 0 Å². The van der Waals surface area contributed by atoms with E-state index in [9.17, 15) is 0 Å². The first-order valence-corrected chi connectivity index (χ1v) is 7.62. The number of nitrogens with one attached hydrogen (secondary N) is 1. The summed E-state index contributed by atoms with van der Waals surface area (Å²) in [5.41, 5.74) is 0. The fraction of sp³-hybridized carbons (Fsp3) is 0.818. The zero-order chi connectivity index (χ0) is 12.0. The predicted molar refractivity (Wildman–Crippen MR) is 74.3 cm³/mol. The van der Waals surface area contributed by atoms with Crippen LogP contribution in [0.3, 0.4) is 0 Å². The van der Waals surface area contributed by atoms with E-state index in [1.54, 1.807) is 0 Å². The normalized spacial score (nSPS) is 13.1. The number of thioether (sulfide) groups is 1. The minimum absolute atomic E-state index is 0.641. The van der Waals surface area contributed by atoms with Crippen LogP contribution in [0.25, 0.3) is 0 Å². The van der Waals surface area contributed by atoms with E-state index in [2.05, 4.69) is 42.4 Å². The molecule has 92 valence electrons. The maximum Gasteiger partial charge on any atom is 0.202 e. The Kier molecular flexibility index (Phi) is 6.13. The van der Waals surface area contributed by atoms with Crippen LogP contribution in [-0.4, -0.2) is 21.2 Å². The van der Waals surface area contributed by atoms with Gasteiger partial charge in [0.15, 0.2) is 5.82 Å². The summed E-state index contributed by atoms with van der Waals surface area (Å²) in [6, 6.07) is 0. The molecule has 0 saturated heterocycles. The Morgan fingerprint density at radius 1 is 1.38 bits per heavy atom. The number of hydrogen-bond acceptors (Lipinski definition) is 5. The summed E-state index contributed by atoms with van der Waals surface area (Å²) in [5.74, 6) is 2.53. The summed E-state index contributed by atoms with van der Waals surface area (Å²) in [7, 11) is 0. The number of nitrogens with zero attached hydrogens (tertiary/aromatic N) is 2. The third kappa shape index (κ3) is 5.16. The molecule has 1 N–H and O–H groups in total. The summed E-state index contributed by atoms with van der Waals surface area (Å²) >= 11 is 3.39. The van der Waals surface area contributed by atoms with Crippen LogP contribution in [0, 0.1) is 5.92 Å². The molecule has 0 aromatic carbocycles. The molecule has 1 aromatic heterocycles. The van der Waals surface area contributed by atoms with Gasteiger partial charge < -0.3 is 5.32 Å². The van der Waals surface area contributed by atoms with Crippen LogP contribution in [0.1, 0.15) is 39.9 Å². The largest absolute Gasteiger partial charge is 0.360 e. The van der Waals surface area contributed by atoms with E-state index >= 15 is 0 Å². The summed E-state index contributed by atoms with van der Waals surface area (Å²) < 4.78 is 4.35. The second-order valence-corrected chi connectivity index (χ2v) is 6.50. The van der Waals surface area contributed by atoms with Gasteiger partial charge in [-0.3, -0.25) is 0 Å². The molecule has 0 spiro atoms. The van der Waals surface area contributed by atoms with Gasteiger partial charge in [-0.25, -0.2) is 4.98 Å². The van der Waals surface area contributed by atoms with Crippen LogP contribution in [0.2, 0.25) is 0 Å². The molecule has 3 nitrogen and oxygen atoms in total. The smallest absolute Gasteiger partial charge is 0.202 e. The fourth-order valence-electron chi connectivity index (χ4n) is 1.01. The lowest BCUT2D eigenvalue weighted by molar-refractivity contribution is 0.688. The molecule has 0 radical (unpaired) electrons. The maximum absolute atomic E-state index is 4.46. The van der Waals surface area contributed by atoms with Crippen molar-refractivity contribution in [1.29, 1.82) is 0 Å². The molecular formula is C11H21N3S2. The molecular weight excluding hydrogens is 238 g/mol. The number of hydrogen-bond donors (Lipinski definition) is 1. The lowest BCUT2D eigenvalue weighted by atomic mass is 10.2. The van der Waals surface area contributed by atoms with Crippen molar-refractivity contribution >= 4 is 28.4 Å². The first-order valence-electron chi connectivity index (χ1n) is 5.79. The van der Waals surface area contributed by atoms with Gasteiger partial charge in [0.2, 0.25) is 5.13 Å². The summed E-state index contributed by atoms with van der Waals surface area (Å²) in [5, 5.41) is 4.94. The molecule has 1 rings (SSSR count). The maximum atomic E-state index is 4.46. The van der Waals surface area contributed by atoms with E-state index in [4.69, 9.17) is 0 Å². The number of aromatic nitrogens is 2. The lowest BCUT2D eigenvalue weighted by Gasteiger charge is -2.05. The van der Waals surface area contributed by atoms with Crippen molar-refractivity contribution in [3.05, 3.63) is 5.82 Å². The van der Waals surface area contributed by atoms with Gasteiger partial charge in [-0.05, 0) is 12.3 Å². The summed E-state index contributed by atoms with van der Waals surface area (Å²) in [6.45, 7) is 9.80. The van der Waals surface area contributed by atoms with Gasteiger partial charge in [0.1, 0.15) is 0 Å². The molecule has 16 heavy (non-hydrogen) atoms. The highest BCUT2D eigenvalue weighted by Crippen LogP contribution is 2.20. The third-order valence-corrected chi connectivity index (χ3v) is 4.24. The molecule has 1 atom stereocenters. The second-order valence-electron chi connectivity index (χ2n) is 4.32. The molecule has 5 heteroatoms. The van der Waals surface area contributed by atoms with Gasteiger partial charge in [0, 0.05) is 23.3 Å².